The predicted molar refractivity (Wildman–Crippen MR) is 199 cm³/mol. The van der Waals surface area contributed by atoms with Crippen LogP contribution in [0.2, 0.25) is 0 Å². The molecule has 0 bridgehead atoms. The van der Waals surface area contributed by atoms with Gasteiger partial charge in [-0.15, -0.1) is 52.3 Å². The molecule has 0 fully saturated rings. The van der Waals surface area contributed by atoms with Gasteiger partial charge in [-0.1, -0.05) is 83.7 Å². The van der Waals surface area contributed by atoms with Gasteiger partial charge in [0.25, 0.3) is 0 Å². The Hall–Kier alpha value is -2.96. The number of aromatic nitrogens is 2. The summed E-state index contributed by atoms with van der Waals surface area (Å²) in [5, 5.41) is 12.9. The third-order valence-corrected chi connectivity index (χ3v) is 11.1. The summed E-state index contributed by atoms with van der Waals surface area (Å²) in [6.45, 7) is 14.9. The Morgan fingerprint density at radius 2 is 1.64 bits per heavy atom. The molecule has 0 spiro atoms. The van der Waals surface area contributed by atoms with Crippen LogP contribution in [0.4, 0.5) is 0 Å². The summed E-state index contributed by atoms with van der Waals surface area (Å²) in [6, 6.07) is 20.6. The average molecular weight is 843 g/mol. The second kappa shape index (κ2) is 16.0. The quantitative estimate of drug-likeness (QED) is 0.0895. The van der Waals surface area contributed by atoms with Crippen LogP contribution in [-0.4, -0.2) is 20.9 Å². The van der Waals surface area contributed by atoms with Crippen LogP contribution >= 0.6 is 22.7 Å². The average Bonchev–Trinajstić information content (AvgIpc) is 3.58. The van der Waals surface area contributed by atoms with E-state index < -0.39 is 0 Å². The molecule has 0 atom stereocenters. The number of aliphatic hydroxyl groups excluding tert-OH is 1. The number of aliphatic hydroxyl groups is 1. The van der Waals surface area contributed by atoms with E-state index in [1.54, 1.807) is 17.7 Å². The number of nitrogens with zero attached hydrogens (tertiary/aromatic N) is 2. The van der Waals surface area contributed by atoms with Gasteiger partial charge in [0.1, 0.15) is 6.33 Å². The fourth-order valence-electron chi connectivity index (χ4n) is 5.98. The molecule has 3 aromatic heterocycles. The zero-order valence-corrected chi connectivity index (χ0v) is 32.4. The molecule has 1 N–H and O–H groups in total. The van der Waals surface area contributed by atoms with Crippen molar-refractivity contribution in [3.8, 4) is 11.3 Å². The molecule has 47 heavy (non-hydrogen) atoms. The molecular weight excluding hydrogens is 797 g/mol. The third kappa shape index (κ3) is 8.37. The van der Waals surface area contributed by atoms with Gasteiger partial charge >= 0.3 is 0 Å². The summed E-state index contributed by atoms with van der Waals surface area (Å²) in [5.74, 6) is 0.547. The van der Waals surface area contributed by atoms with Crippen LogP contribution in [0.1, 0.15) is 81.1 Å². The zero-order chi connectivity index (χ0) is 33.9. The topological polar surface area (TPSA) is 63.1 Å². The predicted octanol–water partition coefficient (Wildman–Crippen LogP) is 12.1. The van der Waals surface area contributed by atoms with Crippen LogP contribution in [0.3, 0.4) is 0 Å². The van der Waals surface area contributed by atoms with E-state index >= 15 is 0 Å². The molecular formula is C40H45IrN2O2S2-. The van der Waals surface area contributed by atoms with Crippen LogP contribution in [-0.2, 0) is 31.3 Å². The largest absolute Gasteiger partial charge is 0.512 e. The van der Waals surface area contributed by atoms with Gasteiger partial charge in [-0.3, -0.25) is 9.78 Å². The van der Waals surface area contributed by atoms with Crippen LogP contribution in [0.5, 0.6) is 0 Å². The number of carbonyl (C=O) groups is 1. The van der Waals surface area contributed by atoms with Crippen molar-refractivity contribution in [1.82, 2.24) is 9.97 Å². The molecule has 6 rings (SSSR count). The smallest absolute Gasteiger partial charge is 0.162 e. The number of hydrogen-bond donors (Lipinski definition) is 1. The summed E-state index contributed by atoms with van der Waals surface area (Å²) in [4.78, 5) is 21.0. The second-order valence-electron chi connectivity index (χ2n) is 13.2. The molecule has 249 valence electrons. The first-order chi connectivity index (χ1) is 22.5. The first-order valence-electron chi connectivity index (χ1n) is 16.9. The minimum absolute atomic E-state index is 0. The van der Waals surface area contributed by atoms with Gasteiger partial charge in [-0.2, -0.15) is 0 Å². The van der Waals surface area contributed by atoms with E-state index in [0.717, 1.165) is 64.4 Å². The minimum Gasteiger partial charge on any atom is -0.512 e. The Labute approximate surface area is 302 Å². The van der Waals surface area contributed by atoms with Gasteiger partial charge in [-0.05, 0) is 55.2 Å². The summed E-state index contributed by atoms with van der Waals surface area (Å²) in [6.07, 6.45) is 7.60. The number of hydrogen-bond acceptors (Lipinski definition) is 6. The van der Waals surface area contributed by atoms with Crippen molar-refractivity contribution in [3.05, 3.63) is 84.4 Å². The molecule has 0 aliphatic heterocycles. The monoisotopic (exact) mass is 843 g/mol. The zero-order valence-electron chi connectivity index (χ0n) is 29.4. The Bertz CT molecular complexity index is 2070. The van der Waals surface area contributed by atoms with Crippen molar-refractivity contribution >= 4 is 68.9 Å². The normalized spacial score (nSPS) is 12.5. The number of allylic oxidation sites excluding steroid dienone is 2. The van der Waals surface area contributed by atoms with Crippen molar-refractivity contribution in [3.63, 3.8) is 0 Å². The molecule has 0 saturated heterocycles. The van der Waals surface area contributed by atoms with E-state index in [2.05, 4.69) is 55.0 Å². The van der Waals surface area contributed by atoms with E-state index in [1.165, 1.54) is 31.1 Å². The number of rotatable bonds is 9. The van der Waals surface area contributed by atoms with Crippen molar-refractivity contribution < 1.29 is 31.4 Å². The molecule has 0 unspecified atom stereocenters. The van der Waals surface area contributed by atoms with Gasteiger partial charge in [0.05, 0.1) is 20.7 Å². The summed E-state index contributed by atoms with van der Waals surface area (Å²) < 4.78 is 13.4. The molecule has 6 aromatic rings. The Morgan fingerprint density at radius 3 is 2.32 bits per heavy atom. The number of carbonyl (C=O) groups excluding carboxylic acids is 1. The second-order valence-corrected chi connectivity index (χ2v) is 15.3. The van der Waals surface area contributed by atoms with E-state index in [9.17, 15) is 9.90 Å². The molecule has 4 nitrogen and oxygen atoms in total. The van der Waals surface area contributed by atoms with Gasteiger partial charge in [0.2, 0.25) is 0 Å². The molecule has 0 amide bonds. The molecule has 0 saturated carbocycles. The SMILES string of the molecule is CCC(CC)C(=O)/C=C(\O)C(CC)CC.[2H]c1cc(-c2ncnc3c2sc2c4cc(CC(C)(C)C)ccc4sc32)[c-]c2ccccc12.[Ir]. The number of thiophene rings is 2. The van der Waals surface area contributed by atoms with Gasteiger partial charge in [0, 0.05) is 59.9 Å². The molecule has 7 heteroatoms. The molecule has 3 aromatic carbocycles. The maximum absolute atomic E-state index is 11.7. The fourth-order valence-corrected chi connectivity index (χ4v) is 8.63. The van der Waals surface area contributed by atoms with Crippen LogP contribution in [0.15, 0.2) is 72.7 Å². The van der Waals surface area contributed by atoms with Crippen LogP contribution in [0.25, 0.3) is 51.7 Å². The third-order valence-electron chi connectivity index (χ3n) is 8.57. The first-order valence-corrected chi connectivity index (χ1v) is 18.1. The van der Waals surface area contributed by atoms with E-state index in [-0.39, 0.29) is 48.9 Å². The minimum atomic E-state index is 0. The van der Waals surface area contributed by atoms with Gasteiger partial charge < -0.3 is 5.11 Å². The molecule has 0 aliphatic rings. The molecule has 1 radical (unpaired) electrons. The molecule has 0 aliphatic carbocycles. The number of ketones is 1. The Kier molecular flexibility index (Phi) is 12.0. The number of fused-ring (bicyclic) bond motifs is 6. The van der Waals surface area contributed by atoms with Crippen molar-refractivity contribution in [2.24, 2.45) is 17.3 Å². The van der Waals surface area contributed by atoms with Gasteiger partial charge in [0.15, 0.2) is 5.78 Å². The molecule has 3 heterocycles. The Morgan fingerprint density at radius 1 is 0.936 bits per heavy atom. The maximum atomic E-state index is 11.7. The van der Waals surface area contributed by atoms with Gasteiger partial charge in [-0.25, -0.2) is 4.98 Å². The van der Waals surface area contributed by atoms with Crippen molar-refractivity contribution in [2.75, 3.05) is 0 Å². The van der Waals surface area contributed by atoms with E-state index in [4.69, 9.17) is 1.37 Å². The van der Waals surface area contributed by atoms with Crippen LogP contribution < -0.4 is 0 Å². The summed E-state index contributed by atoms with van der Waals surface area (Å²) in [5.41, 5.74) is 4.34. The Balaban J connectivity index is 0.000000279. The van der Waals surface area contributed by atoms with Crippen molar-refractivity contribution in [1.29, 1.82) is 0 Å². The maximum Gasteiger partial charge on any atom is 0.162 e. The number of benzene rings is 3. The van der Waals surface area contributed by atoms with E-state index in [1.807, 2.05) is 69.4 Å². The fraction of sp³-hybridized carbons (Fsp3) is 0.375. The first kappa shape index (κ1) is 35.3. The summed E-state index contributed by atoms with van der Waals surface area (Å²) in [7, 11) is 0. The van der Waals surface area contributed by atoms with Crippen molar-refractivity contribution in [2.45, 2.75) is 80.6 Å². The standard InChI is InChI=1S/C27H21N2S2.C13H24O2.Ir/c1-27(2,3)14-16-8-11-21-20(12-16)24-26(30-21)23-25(31-24)22(28-15-29-23)19-10-9-17-6-4-5-7-18(17)13-19;1-5-10(6-2)12(14)9-13(15)11(7-3)8-4;/h4-12,15H,14H2,1-3H3;9-11,14H,5-8H2,1-4H3;/q-1;;/b;12-9-;/i9D;;. The van der Waals surface area contributed by atoms with Crippen LogP contribution in [0, 0.1) is 23.3 Å². The summed E-state index contributed by atoms with van der Waals surface area (Å²) >= 11 is 3.57. The van der Waals surface area contributed by atoms with E-state index in [0.29, 0.717) is 6.04 Å².